The van der Waals surface area contributed by atoms with E-state index in [1.54, 1.807) is 18.2 Å². The Bertz CT molecular complexity index is 704. The molecule has 0 amide bonds. The Balaban J connectivity index is 1.86. The van der Waals surface area contributed by atoms with Crippen LogP contribution in [0.2, 0.25) is 0 Å². The minimum Gasteiger partial charge on any atom is -0.465 e. The Labute approximate surface area is 154 Å². The van der Waals surface area contributed by atoms with Crippen LogP contribution >= 0.6 is 12.2 Å². The van der Waals surface area contributed by atoms with Crippen LogP contribution in [0.25, 0.3) is 0 Å². The fraction of sp³-hybridized carbons (Fsp3) is 0.300. The number of carbonyl (C=O) groups excluding carboxylic acids is 1. The number of rotatable bonds is 7. The van der Waals surface area contributed by atoms with E-state index in [1.165, 1.54) is 12.7 Å². The first-order chi connectivity index (χ1) is 12.1. The van der Waals surface area contributed by atoms with Crippen molar-refractivity contribution in [3.63, 3.8) is 0 Å². The predicted molar refractivity (Wildman–Crippen MR) is 106 cm³/mol. The Hall–Kier alpha value is -2.40. The van der Waals surface area contributed by atoms with Gasteiger partial charge in [0.2, 0.25) is 0 Å². The number of anilines is 1. The molecule has 0 aliphatic rings. The lowest BCUT2D eigenvalue weighted by Crippen LogP contribution is -2.33. The maximum Gasteiger partial charge on any atom is 0.337 e. The fourth-order valence-electron chi connectivity index (χ4n) is 2.56. The predicted octanol–water partition coefficient (Wildman–Crippen LogP) is 4.03. The zero-order valence-electron chi connectivity index (χ0n) is 14.6. The molecule has 0 aromatic heterocycles. The number of carbonyl (C=O) groups is 1. The van der Waals surface area contributed by atoms with Crippen molar-refractivity contribution in [1.82, 2.24) is 5.32 Å². The molecular formula is C20H24N2O2S. The number of hydrogen-bond acceptors (Lipinski definition) is 3. The summed E-state index contributed by atoms with van der Waals surface area (Å²) in [7, 11) is 1.37. The number of ether oxygens (including phenoxy) is 1. The molecule has 0 fully saturated rings. The number of hydrogen-bond donors (Lipinski definition) is 2. The van der Waals surface area contributed by atoms with E-state index in [0.717, 1.165) is 25.1 Å². The summed E-state index contributed by atoms with van der Waals surface area (Å²) in [6, 6.07) is 17.6. The number of benzene rings is 2. The first kappa shape index (κ1) is 18.9. The highest BCUT2D eigenvalue weighted by Gasteiger charge is 2.09. The van der Waals surface area contributed by atoms with Crippen molar-refractivity contribution >= 4 is 29.0 Å². The average molecular weight is 356 g/mol. The average Bonchev–Trinajstić information content (AvgIpc) is 2.65. The van der Waals surface area contributed by atoms with Crippen LogP contribution in [0.15, 0.2) is 54.6 Å². The number of methoxy groups -OCH3 is 1. The van der Waals surface area contributed by atoms with Gasteiger partial charge < -0.3 is 15.4 Å². The fourth-order valence-corrected chi connectivity index (χ4v) is 2.76. The third kappa shape index (κ3) is 6.19. The smallest absolute Gasteiger partial charge is 0.337 e. The van der Waals surface area contributed by atoms with E-state index in [1.807, 2.05) is 12.1 Å². The lowest BCUT2D eigenvalue weighted by atomic mass is 9.97. The molecule has 0 bridgehead atoms. The molecule has 2 rings (SSSR count). The van der Waals surface area contributed by atoms with E-state index in [0.29, 0.717) is 16.6 Å². The zero-order valence-corrected chi connectivity index (χ0v) is 15.4. The second-order valence-corrected chi connectivity index (χ2v) is 6.28. The van der Waals surface area contributed by atoms with E-state index in [-0.39, 0.29) is 5.97 Å². The molecule has 0 spiro atoms. The van der Waals surface area contributed by atoms with Crippen molar-refractivity contribution in [3.05, 3.63) is 65.7 Å². The van der Waals surface area contributed by atoms with Gasteiger partial charge in [0.15, 0.2) is 5.11 Å². The van der Waals surface area contributed by atoms with Crippen LogP contribution < -0.4 is 10.6 Å². The SMILES string of the molecule is CC[C@H](CNC(=S)Nc1cccc(C(=O)OC)c1)Cc1ccccc1. The standard InChI is InChI=1S/C20H24N2O2S/c1-3-15(12-16-8-5-4-6-9-16)14-21-20(25)22-18-11-7-10-17(13-18)19(23)24-2/h4-11,13,15H,3,12,14H2,1-2H3,(H2,21,22,25)/t15-/m0/s1. The minimum absolute atomic E-state index is 0.364. The molecule has 0 aliphatic heterocycles. The molecular weight excluding hydrogens is 332 g/mol. The Kier molecular flexibility index (Phi) is 7.41. The monoisotopic (exact) mass is 356 g/mol. The molecule has 5 heteroatoms. The van der Waals surface area contributed by atoms with Gasteiger partial charge in [0.05, 0.1) is 12.7 Å². The van der Waals surface area contributed by atoms with Crippen LogP contribution in [0, 0.1) is 5.92 Å². The number of nitrogens with one attached hydrogen (secondary N) is 2. The van der Waals surface area contributed by atoms with Crippen LogP contribution in [0.3, 0.4) is 0 Å². The highest BCUT2D eigenvalue weighted by molar-refractivity contribution is 7.80. The molecule has 0 saturated heterocycles. The van der Waals surface area contributed by atoms with Gasteiger partial charge in [-0.2, -0.15) is 0 Å². The molecule has 4 nitrogen and oxygen atoms in total. The Morgan fingerprint density at radius 2 is 1.92 bits per heavy atom. The van der Waals surface area contributed by atoms with E-state index in [4.69, 9.17) is 17.0 Å². The van der Waals surface area contributed by atoms with Crippen molar-refractivity contribution in [3.8, 4) is 0 Å². The molecule has 2 N–H and O–H groups in total. The zero-order chi connectivity index (χ0) is 18.1. The van der Waals surface area contributed by atoms with Gasteiger partial charge in [0.1, 0.15) is 0 Å². The summed E-state index contributed by atoms with van der Waals surface area (Å²) in [6.45, 7) is 2.99. The van der Waals surface area contributed by atoms with Gasteiger partial charge >= 0.3 is 5.97 Å². The summed E-state index contributed by atoms with van der Waals surface area (Å²) in [5.41, 5.74) is 2.59. The third-order valence-electron chi connectivity index (χ3n) is 4.04. The van der Waals surface area contributed by atoms with Crippen LogP contribution in [0.4, 0.5) is 5.69 Å². The van der Waals surface area contributed by atoms with Gasteiger partial charge in [-0.3, -0.25) is 0 Å². The normalized spacial score (nSPS) is 11.4. The summed E-state index contributed by atoms with van der Waals surface area (Å²) < 4.78 is 4.73. The molecule has 132 valence electrons. The molecule has 1 atom stereocenters. The Morgan fingerprint density at radius 1 is 1.16 bits per heavy atom. The van der Waals surface area contributed by atoms with E-state index >= 15 is 0 Å². The van der Waals surface area contributed by atoms with Crippen molar-refractivity contribution in [2.75, 3.05) is 19.0 Å². The lowest BCUT2D eigenvalue weighted by Gasteiger charge is -2.18. The van der Waals surface area contributed by atoms with Crippen molar-refractivity contribution in [2.24, 2.45) is 5.92 Å². The topological polar surface area (TPSA) is 50.4 Å². The molecule has 0 heterocycles. The third-order valence-corrected chi connectivity index (χ3v) is 4.28. The van der Waals surface area contributed by atoms with Crippen LogP contribution in [0.1, 0.15) is 29.3 Å². The number of thiocarbonyl (C=S) groups is 1. The molecule has 2 aromatic rings. The number of esters is 1. The minimum atomic E-state index is -0.364. The second kappa shape index (κ2) is 9.79. The largest absolute Gasteiger partial charge is 0.465 e. The van der Waals surface area contributed by atoms with Crippen molar-refractivity contribution in [1.29, 1.82) is 0 Å². The van der Waals surface area contributed by atoms with Gasteiger partial charge in [0.25, 0.3) is 0 Å². The van der Waals surface area contributed by atoms with Gasteiger partial charge in [-0.25, -0.2) is 4.79 Å². The summed E-state index contributed by atoms with van der Waals surface area (Å²) in [5.74, 6) is 0.139. The van der Waals surface area contributed by atoms with Gasteiger partial charge in [-0.05, 0) is 48.3 Å². The van der Waals surface area contributed by atoms with Crippen molar-refractivity contribution < 1.29 is 9.53 Å². The second-order valence-electron chi connectivity index (χ2n) is 5.87. The summed E-state index contributed by atoms with van der Waals surface area (Å²) in [5, 5.41) is 6.94. The first-order valence-corrected chi connectivity index (χ1v) is 8.80. The van der Waals surface area contributed by atoms with E-state index in [2.05, 4.69) is 41.8 Å². The maximum atomic E-state index is 11.6. The summed E-state index contributed by atoms with van der Waals surface area (Å²) in [4.78, 5) is 11.6. The quantitative estimate of drug-likeness (QED) is 0.579. The molecule has 0 aliphatic carbocycles. The van der Waals surface area contributed by atoms with Gasteiger partial charge in [-0.15, -0.1) is 0 Å². The van der Waals surface area contributed by atoms with E-state index in [9.17, 15) is 4.79 Å². The molecule has 0 radical (unpaired) electrons. The molecule has 0 unspecified atom stereocenters. The highest BCUT2D eigenvalue weighted by atomic mass is 32.1. The lowest BCUT2D eigenvalue weighted by molar-refractivity contribution is 0.0601. The molecule has 0 saturated carbocycles. The van der Waals surface area contributed by atoms with Crippen LogP contribution in [0.5, 0.6) is 0 Å². The summed E-state index contributed by atoms with van der Waals surface area (Å²) >= 11 is 5.37. The highest BCUT2D eigenvalue weighted by Crippen LogP contribution is 2.13. The first-order valence-electron chi connectivity index (χ1n) is 8.39. The van der Waals surface area contributed by atoms with Gasteiger partial charge in [-0.1, -0.05) is 49.7 Å². The summed E-state index contributed by atoms with van der Waals surface area (Å²) in [6.07, 6.45) is 2.09. The van der Waals surface area contributed by atoms with Crippen LogP contribution in [-0.2, 0) is 11.2 Å². The van der Waals surface area contributed by atoms with Crippen LogP contribution in [-0.4, -0.2) is 24.7 Å². The van der Waals surface area contributed by atoms with Gasteiger partial charge in [0, 0.05) is 12.2 Å². The van der Waals surface area contributed by atoms with E-state index < -0.39 is 0 Å². The maximum absolute atomic E-state index is 11.6. The molecule has 2 aromatic carbocycles. The van der Waals surface area contributed by atoms with Crippen molar-refractivity contribution in [2.45, 2.75) is 19.8 Å². The molecule has 25 heavy (non-hydrogen) atoms. The Morgan fingerprint density at radius 3 is 2.60 bits per heavy atom.